The van der Waals surface area contributed by atoms with Crippen LogP contribution in [0.1, 0.15) is 31.2 Å². The molecule has 0 aromatic heterocycles. The normalized spacial score (nSPS) is 21.5. The molecular formula is C14H17ClFN. The summed E-state index contributed by atoms with van der Waals surface area (Å²) in [5, 5.41) is 3.86. The third kappa shape index (κ3) is 2.48. The van der Waals surface area contributed by atoms with Crippen molar-refractivity contribution in [1.82, 2.24) is 5.32 Å². The van der Waals surface area contributed by atoms with Gasteiger partial charge in [-0.15, -0.1) is 0 Å². The second-order valence-electron chi connectivity index (χ2n) is 5.48. The van der Waals surface area contributed by atoms with Gasteiger partial charge in [-0.05, 0) is 49.1 Å². The Labute approximate surface area is 106 Å². The molecule has 0 unspecified atom stereocenters. The Bertz CT molecular complexity index is 424. The molecule has 0 heterocycles. The van der Waals surface area contributed by atoms with Crippen LogP contribution in [0.15, 0.2) is 18.2 Å². The highest BCUT2D eigenvalue weighted by Crippen LogP contribution is 2.60. The Balaban J connectivity index is 1.53. The molecule has 1 nitrogen and oxygen atoms in total. The summed E-state index contributed by atoms with van der Waals surface area (Å²) in [6, 6.07) is 4.89. The monoisotopic (exact) mass is 253 g/mol. The van der Waals surface area contributed by atoms with Gasteiger partial charge in [0, 0.05) is 23.7 Å². The molecule has 0 amide bonds. The molecule has 0 spiro atoms. The third-order valence-corrected chi connectivity index (χ3v) is 4.38. The van der Waals surface area contributed by atoms with E-state index < -0.39 is 0 Å². The van der Waals surface area contributed by atoms with Crippen molar-refractivity contribution in [2.45, 2.75) is 32.2 Å². The minimum absolute atomic E-state index is 0.207. The first-order chi connectivity index (χ1) is 8.20. The van der Waals surface area contributed by atoms with Gasteiger partial charge in [-0.2, -0.15) is 0 Å². The quantitative estimate of drug-likeness (QED) is 0.843. The van der Waals surface area contributed by atoms with Crippen LogP contribution >= 0.6 is 11.6 Å². The van der Waals surface area contributed by atoms with Crippen molar-refractivity contribution in [3.63, 3.8) is 0 Å². The van der Waals surface area contributed by atoms with E-state index in [9.17, 15) is 4.39 Å². The van der Waals surface area contributed by atoms with Crippen molar-refractivity contribution in [3.05, 3.63) is 34.6 Å². The minimum Gasteiger partial charge on any atom is -0.312 e. The van der Waals surface area contributed by atoms with E-state index in [1.165, 1.54) is 31.7 Å². The van der Waals surface area contributed by atoms with Crippen molar-refractivity contribution < 1.29 is 4.39 Å². The Morgan fingerprint density at radius 2 is 2.12 bits per heavy atom. The highest BCUT2D eigenvalue weighted by Gasteiger charge is 2.53. The number of hydrogen-bond donors (Lipinski definition) is 1. The minimum atomic E-state index is -0.207. The second-order valence-corrected chi connectivity index (χ2v) is 5.91. The zero-order valence-electron chi connectivity index (χ0n) is 9.81. The van der Waals surface area contributed by atoms with E-state index in [0.29, 0.717) is 22.5 Å². The first-order valence-corrected chi connectivity index (χ1v) is 6.72. The van der Waals surface area contributed by atoms with Gasteiger partial charge < -0.3 is 5.32 Å². The second kappa shape index (κ2) is 4.25. The Morgan fingerprint density at radius 3 is 2.71 bits per heavy atom. The van der Waals surface area contributed by atoms with Crippen LogP contribution in [0, 0.1) is 17.2 Å². The summed E-state index contributed by atoms with van der Waals surface area (Å²) in [5.41, 5.74) is 1.28. The smallest absolute Gasteiger partial charge is 0.129 e. The van der Waals surface area contributed by atoms with Gasteiger partial charge in [-0.25, -0.2) is 4.39 Å². The van der Waals surface area contributed by atoms with Crippen LogP contribution in [0.3, 0.4) is 0 Å². The molecule has 1 aromatic carbocycles. The molecule has 0 aliphatic heterocycles. The highest BCUT2D eigenvalue weighted by molar-refractivity contribution is 6.30. The molecule has 3 rings (SSSR count). The van der Waals surface area contributed by atoms with Gasteiger partial charge in [-0.3, -0.25) is 0 Å². The molecule has 0 saturated heterocycles. The molecular weight excluding hydrogens is 237 g/mol. The van der Waals surface area contributed by atoms with E-state index >= 15 is 0 Å². The van der Waals surface area contributed by atoms with Gasteiger partial charge in [0.05, 0.1) is 0 Å². The molecule has 92 valence electrons. The van der Waals surface area contributed by atoms with Crippen LogP contribution < -0.4 is 5.32 Å². The predicted octanol–water partition coefficient (Wildman–Crippen LogP) is 3.76. The van der Waals surface area contributed by atoms with Gasteiger partial charge in [0.15, 0.2) is 0 Å². The summed E-state index contributed by atoms with van der Waals surface area (Å²) >= 11 is 5.72. The van der Waals surface area contributed by atoms with E-state index in [2.05, 4.69) is 5.32 Å². The van der Waals surface area contributed by atoms with Gasteiger partial charge in [0.1, 0.15) is 5.82 Å². The largest absolute Gasteiger partial charge is 0.312 e. The molecule has 0 bridgehead atoms. The average molecular weight is 254 g/mol. The van der Waals surface area contributed by atoms with Crippen molar-refractivity contribution in [2.24, 2.45) is 11.3 Å². The molecule has 2 aliphatic rings. The summed E-state index contributed by atoms with van der Waals surface area (Å²) < 4.78 is 13.5. The number of halogens is 2. The van der Waals surface area contributed by atoms with E-state index in [0.717, 1.165) is 12.5 Å². The molecule has 2 fully saturated rings. The molecule has 3 heteroatoms. The molecule has 1 aromatic rings. The topological polar surface area (TPSA) is 12.0 Å². The lowest BCUT2D eigenvalue weighted by molar-refractivity contribution is 0.401. The van der Waals surface area contributed by atoms with Crippen molar-refractivity contribution in [3.8, 4) is 0 Å². The van der Waals surface area contributed by atoms with Gasteiger partial charge in [-0.1, -0.05) is 17.7 Å². The lowest BCUT2D eigenvalue weighted by atomic mass is 10.0. The van der Waals surface area contributed by atoms with Crippen LogP contribution in [0.5, 0.6) is 0 Å². The third-order valence-electron chi connectivity index (χ3n) is 4.14. The molecule has 1 N–H and O–H groups in total. The SMILES string of the molecule is Fc1cc(Cl)ccc1CNCC1(C2CC2)CC1. The first-order valence-electron chi connectivity index (χ1n) is 6.34. The van der Waals surface area contributed by atoms with Crippen LogP contribution in [-0.4, -0.2) is 6.54 Å². The molecule has 2 aliphatic carbocycles. The van der Waals surface area contributed by atoms with E-state index in [1.54, 1.807) is 12.1 Å². The fourth-order valence-electron chi connectivity index (χ4n) is 2.70. The standard InChI is InChI=1S/C14H17ClFN/c15-12-4-1-10(13(16)7-12)8-17-9-14(5-6-14)11-2-3-11/h1,4,7,11,17H,2-3,5-6,8-9H2. The highest BCUT2D eigenvalue weighted by atomic mass is 35.5. The summed E-state index contributed by atoms with van der Waals surface area (Å²) in [6.07, 6.45) is 5.51. The Kier molecular flexibility index (Phi) is 2.87. The maximum Gasteiger partial charge on any atom is 0.129 e. The van der Waals surface area contributed by atoms with Crippen molar-refractivity contribution >= 4 is 11.6 Å². The Hall–Kier alpha value is -0.600. The van der Waals surface area contributed by atoms with Crippen LogP contribution in [-0.2, 0) is 6.54 Å². The lowest BCUT2D eigenvalue weighted by Gasteiger charge is -2.15. The maximum absolute atomic E-state index is 13.5. The maximum atomic E-state index is 13.5. The van der Waals surface area contributed by atoms with Crippen LogP contribution in [0.4, 0.5) is 4.39 Å². The van der Waals surface area contributed by atoms with E-state index in [-0.39, 0.29) is 5.82 Å². The van der Waals surface area contributed by atoms with E-state index in [1.807, 2.05) is 0 Å². The number of hydrogen-bond acceptors (Lipinski definition) is 1. The molecule has 0 atom stereocenters. The number of nitrogens with one attached hydrogen (secondary N) is 1. The fraction of sp³-hybridized carbons (Fsp3) is 0.571. The summed E-state index contributed by atoms with van der Waals surface area (Å²) in [7, 11) is 0. The predicted molar refractivity (Wildman–Crippen MR) is 67.5 cm³/mol. The molecule has 0 radical (unpaired) electrons. The Morgan fingerprint density at radius 1 is 1.35 bits per heavy atom. The van der Waals surface area contributed by atoms with Crippen LogP contribution in [0.25, 0.3) is 0 Å². The molecule has 17 heavy (non-hydrogen) atoms. The molecule has 2 saturated carbocycles. The summed E-state index contributed by atoms with van der Waals surface area (Å²) in [4.78, 5) is 0. The lowest BCUT2D eigenvalue weighted by Crippen LogP contribution is -2.25. The van der Waals surface area contributed by atoms with Gasteiger partial charge in [0.25, 0.3) is 0 Å². The number of rotatable bonds is 5. The van der Waals surface area contributed by atoms with Crippen molar-refractivity contribution in [2.75, 3.05) is 6.54 Å². The van der Waals surface area contributed by atoms with Crippen LogP contribution in [0.2, 0.25) is 5.02 Å². The first kappa shape index (κ1) is 11.5. The zero-order valence-corrected chi connectivity index (χ0v) is 10.6. The van der Waals surface area contributed by atoms with Gasteiger partial charge >= 0.3 is 0 Å². The number of benzene rings is 1. The zero-order chi connectivity index (χ0) is 11.9. The van der Waals surface area contributed by atoms with Gasteiger partial charge in [0.2, 0.25) is 0 Å². The summed E-state index contributed by atoms with van der Waals surface area (Å²) in [5.74, 6) is 0.742. The summed E-state index contributed by atoms with van der Waals surface area (Å²) in [6.45, 7) is 1.65. The fourth-order valence-corrected chi connectivity index (χ4v) is 2.86. The average Bonchev–Trinajstić information content (AvgIpc) is 3.14. The van der Waals surface area contributed by atoms with E-state index in [4.69, 9.17) is 11.6 Å². The van der Waals surface area contributed by atoms with Crippen molar-refractivity contribution in [1.29, 1.82) is 0 Å².